The van der Waals surface area contributed by atoms with Crippen LogP contribution in [-0.4, -0.2) is 23.9 Å². The molecular weight excluding hydrogens is 284 g/mol. The molecule has 1 aliphatic heterocycles. The second-order valence-electron chi connectivity index (χ2n) is 5.69. The molecule has 1 aromatic rings. The van der Waals surface area contributed by atoms with E-state index in [1.54, 1.807) is 26.0 Å². The molecule has 4 amide bonds. The number of rotatable bonds is 5. The predicted molar refractivity (Wildman–Crippen MR) is 80.6 cm³/mol. The predicted octanol–water partition coefficient (Wildman–Crippen LogP) is 0.0947. The minimum atomic E-state index is -1.06. The van der Waals surface area contributed by atoms with Gasteiger partial charge in [0.1, 0.15) is 5.54 Å². The van der Waals surface area contributed by atoms with Crippen LogP contribution < -0.4 is 21.7 Å². The maximum absolute atomic E-state index is 11.8. The third-order valence-electron chi connectivity index (χ3n) is 3.57. The van der Waals surface area contributed by atoms with Crippen LogP contribution in [0, 0.1) is 0 Å². The fraction of sp³-hybridized carbons (Fsp3) is 0.400. The topological polar surface area (TPSA) is 113 Å². The Bertz CT molecular complexity index is 597. The molecule has 1 aliphatic rings. The molecule has 2 unspecified atom stereocenters. The van der Waals surface area contributed by atoms with E-state index in [0.717, 1.165) is 5.56 Å². The van der Waals surface area contributed by atoms with Gasteiger partial charge in [0.05, 0.1) is 0 Å². The first-order valence-corrected chi connectivity index (χ1v) is 7.06. The van der Waals surface area contributed by atoms with E-state index < -0.39 is 11.6 Å². The lowest BCUT2D eigenvalue weighted by atomic mass is 9.91. The van der Waals surface area contributed by atoms with E-state index >= 15 is 0 Å². The number of benzene rings is 1. The zero-order valence-electron chi connectivity index (χ0n) is 12.6. The van der Waals surface area contributed by atoms with Gasteiger partial charge in [0.15, 0.2) is 0 Å². The van der Waals surface area contributed by atoms with Crippen LogP contribution in [0.3, 0.4) is 0 Å². The molecule has 0 aliphatic carbocycles. The van der Waals surface area contributed by atoms with Crippen LogP contribution in [0.2, 0.25) is 0 Å². The number of amides is 4. The summed E-state index contributed by atoms with van der Waals surface area (Å²) in [4.78, 5) is 34.7. The molecular formula is C15H20N4O3. The number of carbonyl (C=O) groups excluding carboxylic acids is 3. The number of nitrogens with one attached hydrogen (secondary N) is 3. The van der Waals surface area contributed by atoms with E-state index in [4.69, 9.17) is 5.73 Å². The van der Waals surface area contributed by atoms with Gasteiger partial charge < -0.3 is 16.4 Å². The van der Waals surface area contributed by atoms with Crippen LogP contribution >= 0.6 is 0 Å². The van der Waals surface area contributed by atoms with Crippen molar-refractivity contribution in [1.82, 2.24) is 16.0 Å². The molecule has 1 saturated heterocycles. The lowest BCUT2D eigenvalue weighted by molar-refractivity contribution is -0.123. The maximum atomic E-state index is 11.8. The van der Waals surface area contributed by atoms with Crippen LogP contribution in [0.25, 0.3) is 0 Å². The van der Waals surface area contributed by atoms with E-state index in [-0.39, 0.29) is 24.3 Å². The minimum absolute atomic E-state index is 0.103. The van der Waals surface area contributed by atoms with Gasteiger partial charge in [0.2, 0.25) is 5.91 Å². The summed E-state index contributed by atoms with van der Waals surface area (Å²) >= 11 is 0. The first-order chi connectivity index (χ1) is 10.3. The van der Waals surface area contributed by atoms with Crippen molar-refractivity contribution >= 4 is 17.8 Å². The summed E-state index contributed by atoms with van der Waals surface area (Å²) in [5, 5.41) is 7.60. The first kappa shape index (κ1) is 16.0. The van der Waals surface area contributed by atoms with Gasteiger partial charge in [0.25, 0.3) is 5.91 Å². The molecule has 2 rings (SSSR count). The van der Waals surface area contributed by atoms with Crippen molar-refractivity contribution in [3.8, 4) is 0 Å². The molecule has 1 heterocycles. The molecule has 22 heavy (non-hydrogen) atoms. The fourth-order valence-corrected chi connectivity index (χ4v) is 2.27. The van der Waals surface area contributed by atoms with E-state index in [9.17, 15) is 14.4 Å². The smallest absolute Gasteiger partial charge is 0.322 e. The van der Waals surface area contributed by atoms with Crippen molar-refractivity contribution in [2.45, 2.75) is 38.4 Å². The lowest BCUT2D eigenvalue weighted by Crippen LogP contribution is -2.40. The average molecular weight is 304 g/mol. The van der Waals surface area contributed by atoms with Crippen molar-refractivity contribution in [3.63, 3.8) is 0 Å². The Balaban J connectivity index is 2.00. The summed E-state index contributed by atoms with van der Waals surface area (Å²) < 4.78 is 0. The van der Waals surface area contributed by atoms with Gasteiger partial charge in [-0.3, -0.25) is 14.9 Å². The number of imide groups is 1. The third-order valence-corrected chi connectivity index (χ3v) is 3.57. The molecule has 7 heteroatoms. The van der Waals surface area contributed by atoms with Gasteiger partial charge in [0, 0.05) is 19.0 Å². The van der Waals surface area contributed by atoms with Gasteiger partial charge >= 0.3 is 6.03 Å². The Kier molecular flexibility index (Phi) is 4.46. The highest BCUT2D eigenvalue weighted by molar-refractivity contribution is 6.07. The van der Waals surface area contributed by atoms with Crippen LogP contribution in [-0.2, 0) is 21.7 Å². The molecule has 5 N–H and O–H groups in total. The largest absolute Gasteiger partial charge is 0.352 e. The summed E-state index contributed by atoms with van der Waals surface area (Å²) in [6.07, 6.45) is 0.280. The molecule has 0 spiro atoms. The molecule has 0 radical (unpaired) electrons. The summed E-state index contributed by atoms with van der Waals surface area (Å²) in [6, 6.07) is 6.47. The molecule has 0 saturated carbocycles. The zero-order chi connectivity index (χ0) is 16.3. The van der Waals surface area contributed by atoms with Gasteiger partial charge in [-0.05, 0) is 25.0 Å². The second-order valence-corrected chi connectivity index (χ2v) is 5.69. The average Bonchev–Trinajstić information content (AvgIpc) is 2.70. The Morgan fingerprint density at radius 2 is 1.95 bits per heavy atom. The zero-order valence-corrected chi connectivity index (χ0v) is 12.6. The van der Waals surface area contributed by atoms with Gasteiger partial charge in [-0.15, -0.1) is 0 Å². The van der Waals surface area contributed by atoms with E-state index in [0.29, 0.717) is 12.1 Å². The highest BCUT2D eigenvalue weighted by Gasteiger charge is 2.43. The Hall–Kier alpha value is -2.41. The number of urea groups is 1. The summed E-state index contributed by atoms with van der Waals surface area (Å²) in [5.41, 5.74) is 6.08. The quantitative estimate of drug-likeness (QED) is 0.577. The highest BCUT2D eigenvalue weighted by atomic mass is 16.2. The maximum Gasteiger partial charge on any atom is 0.322 e. The Morgan fingerprint density at radius 1 is 1.32 bits per heavy atom. The molecule has 7 nitrogen and oxygen atoms in total. The number of hydrogen-bond donors (Lipinski definition) is 4. The Labute approximate surface area is 128 Å². The van der Waals surface area contributed by atoms with Crippen LogP contribution in [0.1, 0.15) is 31.4 Å². The molecule has 2 atom stereocenters. The standard InChI is InChI=1S/C15H20N4O3/c1-9(16)7-12(20)17-8-10-3-5-11(6-4-10)15(2)13(21)18-14(22)19-15/h3-6,9H,7-8,16H2,1-2H3,(H,17,20)(H2,18,19,21,22). The normalized spacial score (nSPS) is 22.0. The number of hydrogen-bond acceptors (Lipinski definition) is 4. The first-order valence-electron chi connectivity index (χ1n) is 7.06. The van der Waals surface area contributed by atoms with E-state index in [2.05, 4.69) is 16.0 Å². The van der Waals surface area contributed by atoms with Crippen LogP contribution in [0.4, 0.5) is 4.79 Å². The second kappa shape index (κ2) is 6.15. The molecule has 1 aromatic carbocycles. The monoisotopic (exact) mass is 304 g/mol. The van der Waals surface area contributed by atoms with Crippen molar-refractivity contribution < 1.29 is 14.4 Å². The van der Waals surface area contributed by atoms with Crippen LogP contribution in [0.5, 0.6) is 0 Å². The summed E-state index contributed by atoms with van der Waals surface area (Å²) in [5.74, 6) is -0.482. The van der Waals surface area contributed by atoms with Gasteiger partial charge in [-0.1, -0.05) is 24.3 Å². The van der Waals surface area contributed by atoms with E-state index in [1.165, 1.54) is 0 Å². The van der Waals surface area contributed by atoms with Crippen molar-refractivity contribution in [3.05, 3.63) is 35.4 Å². The van der Waals surface area contributed by atoms with Crippen molar-refractivity contribution in [2.24, 2.45) is 5.73 Å². The molecule has 1 fully saturated rings. The summed E-state index contributed by atoms with van der Waals surface area (Å²) in [6.45, 7) is 3.81. The number of nitrogens with two attached hydrogens (primary N) is 1. The molecule has 118 valence electrons. The molecule has 0 bridgehead atoms. The lowest BCUT2D eigenvalue weighted by Gasteiger charge is -2.21. The van der Waals surface area contributed by atoms with Crippen molar-refractivity contribution in [2.75, 3.05) is 0 Å². The Morgan fingerprint density at radius 3 is 2.45 bits per heavy atom. The SMILES string of the molecule is CC(N)CC(=O)NCc1ccc(C2(C)NC(=O)NC2=O)cc1. The van der Waals surface area contributed by atoms with Crippen molar-refractivity contribution in [1.29, 1.82) is 0 Å². The number of carbonyl (C=O) groups is 3. The van der Waals surface area contributed by atoms with Crippen LogP contribution in [0.15, 0.2) is 24.3 Å². The van der Waals surface area contributed by atoms with Gasteiger partial charge in [-0.25, -0.2) is 4.79 Å². The van der Waals surface area contributed by atoms with Gasteiger partial charge in [-0.2, -0.15) is 0 Å². The highest BCUT2D eigenvalue weighted by Crippen LogP contribution is 2.24. The summed E-state index contributed by atoms with van der Waals surface area (Å²) in [7, 11) is 0. The minimum Gasteiger partial charge on any atom is -0.352 e. The van der Waals surface area contributed by atoms with E-state index in [1.807, 2.05) is 12.1 Å². The fourth-order valence-electron chi connectivity index (χ4n) is 2.27. The third kappa shape index (κ3) is 3.43. The molecule has 0 aromatic heterocycles.